The fourth-order valence-electron chi connectivity index (χ4n) is 3.88. The van der Waals surface area contributed by atoms with E-state index < -0.39 is 17.6 Å². The fraction of sp³-hybridized carbons (Fsp3) is 0.0714. The maximum Gasteiger partial charge on any atom is 0.416 e. The van der Waals surface area contributed by atoms with Gasteiger partial charge in [0.2, 0.25) is 0 Å². The molecule has 0 saturated heterocycles. The summed E-state index contributed by atoms with van der Waals surface area (Å²) in [6, 6.07) is 20.5. The van der Waals surface area contributed by atoms with Crippen molar-refractivity contribution in [1.82, 2.24) is 9.97 Å². The monoisotopic (exact) mass is 517 g/mol. The Kier molecular flexibility index (Phi) is 6.31. The predicted molar refractivity (Wildman–Crippen MR) is 138 cm³/mol. The summed E-state index contributed by atoms with van der Waals surface area (Å²) >= 11 is 1.49. The summed E-state index contributed by atoms with van der Waals surface area (Å²) in [4.78, 5) is 34.8. The second-order valence-corrected chi connectivity index (χ2v) is 9.33. The molecular weight excluding hydrogens is 499 g/mol. The van der Waals surface area contributed by atoms with E-state index >= 15 is 0 Å². The number of ketones is 1. The number of rotatable bonds is 5. The van der Waals surface area contributed by atoms with Crippen molar-refractivity contribution in [3.63, 3.8) is 0 Å². The molecule has 2 heterocycles. The molecule has 9 heteroatoms. The van der Waals surface area contributed by atoms with E-state index in [2.05, 4.69) is 15.3 Å². The molecule has 1 N–H and O–H groups in total. The normalized spacial score (nSPS) is 11.5. The average molecular weight is 518 g/mol. The van der Waals surface area contributed by atoms with Gasteiger partial charge in [-0.05, 0) is 48.9 Å². The molecule has 5 rings (SSSR count). The van der Waals surface area contributed by atoms with Crippen LogP contribution in [0.1, 0.15) is 33.2 Å². The van der Waals surface area contributed by atoms with Crippen LogP contribution in [0.5, 0.6) is 0 Å². The van der Waals surface area contributed by atoms with Crippen molar-refractivity contribution < 1.29 is 22.8 Å². The number of fused-ring (bicyclic) bond motifs is 1. The molecule has 0 spiro atoms. The summed E-state index contributed by atoms with van der Waals surface area (Å²) in [7, 11) is 0. The van der Waals surface area contributed by atoms with E-state index in [1.807, 2.05) is 24.3 Å². The minimum absolute atomic E-state index is 0.00364. The SMILES string of the molecule is CC(=O)c1ccc(-c2cc3c(-c4cccc(NC(=O)c5cccc(C(F)(F)F)c5)c4)ncnc3s2)cc1. The second-order valence-electron chi connectivity index (χ2n) is 8.30. The van der Waals surface area contributed by atoms with Crippen LogP contribution in [0.2, 0.25) is 0 Å². The van der Waals surface area contributed by atoms with Gasteiger partial charge in [0.25, 0.3) is 5.91 Å². The standard InChI is InChI=1S/C28H18F3N3O2S/c1-16(35)17-8-10-18(11-9-17)24-14-23-25(32-15-33-27(23)37-24)19-4-3-7-22(13-19)34-26(36)20-5-2-6-21(12-20)28(29,30)31/h2-15H,1H3,(H,34,36). The lowest BCUT2D eigenvalue weighted by Gasteiger charge is -2.10. The number of benzene rings is 3. The number of hydrogen-bond acceptors (Lipinski definition) is 5. The van der Waals surface area contributed by atoms with Crippen LogP contribution < -0.4 is 5.32 Å². The molecule has 0 bridgehead atoms. The quantitative estimate of drug-likeness (QED) is 0.245. The van der Waals surface area contributed by atoms with Crippen LogP contribution in [-0.2, 0) is 6.18 Å². The Hall–Kier alpha value is -4.37. The average Bonchev–Trinajstić information content (AvgIpc) is 3.33. The summed E-state index contributed by atoms with van der Waals surface area (Å²) in [5.41, 5.74) is 2.38. The van der Waals surface area contributed by atoms with Crippen LogP contribution in [0.25, 0.3) is 31.9 Å². The number of hydrogen-bond donors (Lipinski definition) is 1. The van der Waals surface area contributed by atoms with E-state index in [1.54, 1.807) is 30.3 Å². The molecule has 0 aliphatic rings. The van der Waals surface area contributed by atoms with Crippen molar-refractivity contribution in [2.45, 2.75) is 13.1 Å². The molecule has 3 aromatic carbocycles. The van der Waals surface area contributed by atoms with Gasteiger partial charge in [0.05, 0.1) is 11.3 Å². The first-order valence-corrected chi connectivity index (χ1v) is 12.0. The van der Waals surface area contributed by atoms with Crippen LogP contribution in [0.4, 0.5) is 18.9 Å². The maximum atomic E-state index is 13.0. The molecular formula is C28H18F3N3O2S. The van der Waals surface area contributed by atoms with E-state index in [1.165, 1.54) is 36.7 Å². The van der Waals surface area contributed by atoms with Crippen molar-refractivity contribution in [2.24, 2.45) is 0 Å². The van der Waals surface area contributed by atoms with Gasteiger partial charge in [-0.1, -0.05) is 42.5 Å². The third-order valence-corrected chi connectivity index (χ3v) is 6.84. The van der Waals surface area contributed by atoms with Crippen molar-refractivity contribution in [2.75, 3.05) is 5.32 Å². The lowest BCUT2D eigenvalue weighted by molar-refractivity contribution is -0.137. The number of carbonyl (C=O) groups is 2. The summed E-state index contributed by atoms with van der Waals surface area (Å²) in [6.07, 6.45) is -3.08. The van der Waals surface area contributed by atoms with Crippen molar-refractivity contribution in [3.05, 3.63) is 102 Å². The van der Waals surface area contributed by atoms with Gasteiger partial charge < -0.3 is 5.32 Å². The first-order valence-electron chi connectivity index (χ1n) is 11.1. The largest absolute Gasteiger partial charge is 0.416 e. The van der Waals surface area contributed by atoms with Crippen molar-refractivity contribution >= 4 is 38.9 Å². The fourth-order valence-corrected chi connectivity index (χ4v) is 4.89. The summed E-state index contributed by atoms with van der Waals surface area (Å²) in [6.45, 7) is 1.52. The zero-order valence-corrected chi connectivity index (χ0v) is 20.2. The van der Waals surface area contributed by atoms with E-state index in [-0.39, 0.29) is 11.3 Å². The Morgan fingerprint density at radius 3 is 2.32 bits per heavy atom. The third-order valence-electron chi connectivity index (χ3n) is 5.75. The smallest absolute Gasteiger partial charge is 0.322 e. The number of Topliss-reactive ketones (excluding diaryl/α,β-unsaturated/α-hetero) is 1. The number of carbonyl (C=O) groups excluding carboxylic acids is 2. The van der Waals surface area contributed by atoms with Crippen LogP contribution >= 0.6 is 11.3 Å². The molecule has 0 aliphatic carbocycles. The first kappa shape index (κ1) is 24.3. The number of aromatic nitrogens is 2. The number of nitrogens with one attached hydrogen (secondary N) is 1. The Bertz CT molecular complexity index is 1640. The zero-order valence-electron chi connectivity index (χ0n) is 19.3. The van der Waals surface area contributed by atoms with E-state index in [0.717, 1.165) is 32.8 Å². The predicted octanol–water partition coefficient (Wildman–Crippen LogP) is 7.50. The minimum atomic E-state index is -4.54. The van der Waals surface area contributed by atoms with Crippen LogP contribution in [-0.4, -0.2) is 21.7 Å². The molecule has 0 fully saturated rings. The summed E-state index contributed by atoms with van der Waals surface area (Å²) < 4.78 is 39.1. The van der Waals surface area contributed by atoms with Crippen molar-refractivity contribution in [1.29, 1.82) is 0 Å². The van der Waals surface area contributed by atoms with E-state index in [9.17, 15) is 22.8 Å². The first-order chi connectivity index (χ1) is 17.7. The van der Waals surface area contributed by atoms with Gasteiger partial charge >= 0.3 is 6.18 Å². The minimum Gasteiger partial charge on any atom is -0.322 e. The van der Waals surface area contributed by atoms with E-state index in [4.69, 9.17) is 0 Å². The molecule has 0 atom stereocenters. The molecule has 0 aliphatic heterocycles. The molecule has 37 heavy (non-hydrogen) atoms. The highest BCUT2D eigenvalue weighted by Crippen LogP contribution is 2.37. The topological polar surface area (TPSA) is 72.0 Å². The molecule has 1 amide bonds. The number of nitrogens with zero attached hydrogens (tertiary/aromatic N) is 2. The molecule has 5 aromatic rings. The van der Waals surface area contributed by atoms with Crippen LogP contribution in [0.3, 0.4) is 0 Å². The Balaban J connectivity index is 1.44. The molecule has 184 valence electrons. The lowest BCUT2D eigenvalue weighted by atomic mass is 10.1. The van der Waals surface area contributed by atoms with Gasteiger partial charge in [0.1, 0.15) is 11.2 Å². The van der Waals surface area contributed by atoms with Gasteiger partial charge in [-0.25, -0.2) is 9.97 Å². The van der Waals surface area contributed by atoms with Crippen LogP contribution in [0, 0.1) is 0 Å². The van der Waals surface area contributed by atoms with E-state index in [0.29, 0.717) is 22.5 Å². The van der Waals surface area contributed by atoms with Gasteiger partial charge in [0.15, 0.2) is 5.78 Å². The molecule has 5 nitrogen and oxygen atoms in total. The highest BCUT2D eigenvalue weighted by atomic mass is 32.1. The van der Waals surface area contributed by atoms with Gasteiger partial charge in [-0.3, -0.25) is 9.59 Å². The molecule has 0 radical (unpaired) electrons. The summed E-state index contributed by atoms with van der Waals surface area (Å²) in [5.74, 6) is -0.654. The number of anilines is 1. The zero-order chi connectivity index (χ0) is 26.2. The van der Waals surface area contributed by atoms with Gasteiger partial charge in [-0.2, -0.15) is 13.2 Å². The highest BCUT2D eigenvalue weighted by molar-refractivity contribution is 7.21. The number of amides is 1. The molecule has 0 unspecified atom stereocenters. The second kappa shape index (κ2) is 9.59. The van der Waals surface area contributed by atoms with Gasteiger partial charge in [-0.15, -0.1) is 11.3 Å². The maximum absolute atomic E-state index is 13.0. The number of thiophene rings is 1. The Morgan fingerprint density at radius 1 is 0.838 bits per heavy atom. The highest BCUT2D eigenvalue weighted by Gasteiger charge is 2.30. The lowest BCUT2D eigenvalue weighted by Crippen LogP contribution is -2.14. The van der Waals surface area contributed by atoms with Crippen LogP contribution in [0.15, 0.2) is 85.2 Å². The van der Waals surface area contributed by atoms with Crippen molar-refractivity contribution in [3.8, 4) is 21.7 Å². The molecule has 0 saturated carbocycles. The molecule has 2 aromatic heterocycles. The van der Waals surface area contributed by atoms with Gasteiger partial charge in [0, 0.05) is 32.6 Å². The number of halogens is 3. The summed E-state index contributed by atoms with van der Waals surface area (Å²) in [5, 5.41) is 3.48. The number of alkyl halides is 3. The third kappa shape index (κ3) is 5.12. The Morgan fingerprint density at radius 2 is 1.59 bits per heavy atom. The Labute approximate surface area is 213 Å².